The average molecular weight is 332 g/mol. The van der Waals surface area contributed by atoms with Crippen LogP contribution < -0.4 is 10.4 Å². The van der Waals surface area contributed by atoms with E-state index in [2.05, 4.69) is 110 Å². The molecule has 4 aromatic carbocycles. The van der Waals surface area contributed by atoms with Crippen LogP contribution in [0.4, 0.5) is 0 Å². The monoisotopic (exact) mass is 332 g/mol. The standard InChI is InChI=1S/C26H20/c1-26(24-17-9-14-19-10-5-7-15-22(19)24)18-21-13-6-8-16-23(21)25(26)20-11-3-2-4-12-20/h2-18H,1H3. The topological polar surface area (TPSA) is 0 Å². The van der Waals surface area contributed by atoms with E-state index in [9.17, 15) is 0 Å². The second kappa shape index (κ2) is 5.71. The molecule has 1 aliphatic carbocycles. The number of fused-ring (bicyclic) bond motifs is 2. The van der Waals surface area contributed by atoms with Crippen molar-refractivity contribution in [3.05, 3.63) is 119 Å². The van der Waals surface area contributed by atoms with E-state index >= 15 is 0 Å². The molecule has 0 N–H and O–H groups in total. The van der Waals surface area contributed by atoms with Gasteiger partial charge in [0.2, 0.25) is 0 Å². The Morgan fingerprint density at radius 2 is 1.31 bits per heavy atom. The van der Waals surface area contributed by atoms with Crippen LogP contribution in [0.2, 0.25) is 0 Å². The average Bonchev–Trinajstić information content (AvgIpc) is 3.01. The van der Waals surface area contributed by atoms with Crippen LogP contribution in [-0.2, 0) is 5.41 Å². The lowest BCUT2D eigenvalue weighted by Gasteiger charge is -2.29. The van der Waals surface area contributed by atoms with Gasteiger partial charge in [0.05, 0.1) is 0 Å². The van der Waals surface area contributed by atoms with Gasteiger partial charge in [0.25, 0.3) is 0 Å². The zero-order chi connectivity index (χ0) is 17.6. The molecule has 0 spiro atoms. The van der Waals surface area contributed by atoms with Crippen molar-refractivity contribution in [2.75, 3.05) is 0 Å². The molecule has 1 aliphatic rings. The number of hydrogen-bond acceptors (Lipinski definition) is 0. The molecule has 0 radical (unpaired) electrons. The molecule has 0 nitrogen and oxygen atoms in total. The van der Waals surface area contributed by atoms with Crippen LogP contribution in [0.1, 0.15) is 18.1 Å². The van der Waals surface area contributed by atoms with Gasteiger partial charge >= 0.3 is 0 Å². The SMILES string of the molecule is CC1(c2cccc3ccccc23)C=c2ccccc2=C1c1ccccc1. The molecule has 1 unspecified atom stereocenters. The smallest absolute Gasteiger partial charge is 0.0380 e. The molecule has 0 amide bonds. The largest absolute Gasteiger partial charge is 0.0622 e. The third kappa shape index (κ3) is 2.16. The molecule has 5 rings (SSSR count). The normalized spacial score (nSPS) is 18.6. The lowest BCUT2D eigenvalue weighted by atomic mass is 9.73. The van der Waals surface area contributed by atoms with Crippen LogP contribution >= 0.6 is 0 Å². The predicted octanol–water partition coefficient (Wildman–Crippen LogP) is 4.79. The zero-order valence-corrected chi connectivity index (χ0v) is 14.8. The van der Waals surface area contributed by atoms with E-state index in [1.165, 1.54) is 37.9 Å². The molecule has 0 heterocycles. The van der Waals surface area contributed by atoms with Crippen LogP contribution in [0.25, 0.3) is 22.4 Å². The van der Waals surface area contributed by atoms with Gasteiger partial charge in [-0.25, -0.2) is 0 Å². The molecule has 1 atom stereocenters. The molecule has 0 saturated carbocycles. The van der Waals surface area contributed by atoms with Crippen molar-refractivity contribution in [1.82, 2.24) is 0 Å². The van der Waals surface area contributed by atoms with Crippen molar-refractivity contribution in [2.45, 2.75) is 12.3 Å². The van der Waals surface area contributed by atoms with Gasteiger partial charge < -0.3 is 0 Å². The van der Waals surface area contributed by atoms with Crippen molar-refractivity contribution in [2.24, 2.45) is 0 Å². The van der Waals surface area contributed by atoms with Crippen molar-refractivity contribution >= 4 is 22.4 Å². The number of hydrogen-bond donors (Lipinski definition) is 0. The van der Waals surface area contributed by atoms with Gasteiger partial charge in [-0.2, -0.15) is 0 Å². The Morgan fingerprint density at radius 1 is 0.615 bits per heavy atom. The van der Waals surface area contributed by atoms with Gasteiger partial charge in [0.15, 0.2) is 0 Å². The van der Waals surface area contributed by atoms with E-state index in [0.717, 1.165) is 0 Å². The summed E-state index contributed by atoms with van der Waals surface area (Å²) in [5.74, 6) is 0. The lowest BCUT2D eigenvalue weighted by Crippen LogP contribution is -2.24. The van der Waals surface area contributed by atoms with Gasteiger partial charge in [0.1, 0.15) is 0 Å². The van der Waals surface area contributed by atoms with Crippen LogP contribution in [0.3, 0.4) is 0 Å². The summed E-state index contributed by atoms with van der Waals surface area (Å²) >= 11 is 0. The fraction of sp³-hybridized carbons (Fsp3) is 0.0769. The minimum atomic E-state index is -0.161. The minimum absolute atomic E-state index is 0.161. The van der Waals surface area contributed by atoms with E-state index < -0.39 is 0 Å². The maximum atomic E-state index is 2.44. The van der Waals surface area contributed by atoms with Crippen LogP contribution in [0, 0.1) is 0 Å². The first-order valence-corrected chi connectivity index (χ1v) is 9.14. The quantitative estimate of drug-likeness (QED) is 0.495. The molecule has 0 aliphatic heterocycles. The summed E-state index contributed by atoms with van der Waals surface area (Å²) < 4.78 is 0. The zero-order valence-electron chi connectivity index (χ0n) is 14.8. The van der Waals surface area contributed by atoms with E-state index in [1.54, 1.807) is 0 Å². The van der Waals surface area contributed by atoms with Crippen molar-refractivity contribution in [1.29, 1.82) is 0 Å². The van der Waals surface area contributed by atoms with Crippen LogP contribution in [0.15, 0.2) is 97.1 Å². The maximum Gasteiger partial charge on any atom is 0.0380 e. The van der Waals surface area contributed by atoms with E-state index in [-0.39, 0.29) is 5.41 Å². The molecule has 0 bridgehead atoms. The van der Waals surface area contributed by atoms with Gasteiger partial charge in [0, 0.05) is 5.41 Å². The second-order valence-electron chi connectivity index (χ2n) is 7.20. The Labute approximate surface area is 153 Å². The summed E-state index contributed by atoms with van der Waals surface area (Å²) in [6, 6.07) is 34.9. The van der Waals surface area contributed by atoms with E-state index in [0.29, 0.717) is 0 Å². The molecule has 4 aromatic rings. The lowest BCUT2D eigenvalue weighted by molar-refractivity contribution is 0.844. The van der Waals surface area contributed by atoms with Gasteiger partial charge in [-0.3, -0.25) is 0 Å². The summed E-state index contributed by atoms with van der Waals surface area (Å²) in [6.07, 6.45) is 2.44. The second-order valence-corrected chi connectivity index (χ2v) is 7.20. The van der Waals surface area contributed by atoms with E-state index in [4.69, 9.17) is 0 Å². The van der Waals surface area contributed by atoms with Gasteiger partial charge in [-0.1, -0.05) is 103 Å². The summed E-state index contributed by atoms with van der Waals surface area (Å²) in [5.41, 5.74) is 3.89. The predicted molar refractivity (Wildman–Crippen MR) is 110 cm³/mol. The van der Waals surface area contributed by atoms with E-state index in [1.807, 2.05) is 0 Å². The maximum absolute atomic E-state index is 2.44. The number of rotatable bonds is 2. The minimum Gasteiger partial charge on any atom is -0.0622 e. The highest BCUT2D eigenvalue weighted by molar-refractivity contribution is 5.94. The first kappa shape index (κ1) is 15.2. The van der Waals surface area contributed by atoms with Gasteiger partial charge in [-0.15, -0.1) is 0 Å². The molecule has 0 fully saturated rings. The Hall–Kier alpha value is -3.12. The molecule has 0 heteroatoms. The Kier molecular flexibility index (Phi) is 3.33. The summed E-state index contributed by atoms with van der Waals surface area (Å²) in [5, 5.41) is 5.29. The highest BCUT2D eigenvalue weighted by atomic mass is 14.4. The van der Waals surface area contributed by atoms with Crippen LogP contribution in [0.5, 0.6) is 0 Å². The molecule has 0 aromatic heterocycles. The summed E-state index contributed by atoms with van der Waals surface area (Å²) in [4.78, 5) is 0. The third-order valence-corrected chi connectivity index (χ3v) is 5.61. The first-order chi connectivity index (χ1) is 12.8. The highest BCUT2D eigenvalue weighted by Crippen LogP contribution is 2.42. The molecule has 26 heavy (non-hydrogen) atoms. The summed E-state index contributed by atoms with van der Waals surface area (Å²) in [7, 11) is 0. The van der Waals surface area contributed by atoms with Crippen LogP contribution in [-0.4, -0.2) is 0 Å². The third-order valence-electron chi connectivity index (χ3n) is 5.61. The molecule has 0 saturated heterocycles. The Bertz CT molecular complexity index is 1230. The van der Waals surface area contributed by atoms with Crippen molar-refractivity contribution in [3.63, 3.8) is 0 Å². The van der Waals surface area contributed by atoms with Crippen molar-refractivity contribution in [3.8, 4) is 0 Å². The van der Waals surface area contributed by atoms with Gasteiger partial charge in [-0.05, 0) is 44.8 Å². The fourth-order valence-corrected chi connectivity index (χ4v) is 4.46. The first-order valence-electron chi connectivity index (χ1n) is 9.14. The Balaban J connectivity index is 1.90. The molecular weight excluding hydrogens is 312 g/mol. The molecule has 124 valence electrons. The number of benzene rings is 4. The summed E-state index contributed by atoms with van der Waals surface area (Å²) in [6.45, 7) is 2.36. The highest BCUT2D eigenvalue weighted by Gasteiger charge is 2.34. The fourth-order valence-electron chi connectivity index (χ4n) is 4.46. The van der Waals surface area contributed by atoms with Crippen molar-refractivity contribution < 1.29 is 0 Å². The Morgan fingerprint density at radius 3 is 2.19 bits per heavy atom. The molecular formula is C26H20.